The average molecular weight is 352 g/mol. The summed E-state index contributed by atoms with van der Waals surface area (Å²) in [5.41, 5.74) is 2.89. The molecule has 0 radical (unpaired) electrons. The maximum Gasteiger partial charge on any atom is 0.178 e. The second-order valence-electron chi connectivity index (χ2n) is 7.05. The van der Waals surface area contributed by atoms with Crippen LogP contribution in [0.1, 0.15) is 36.0 Å². The van der Waals surface area contributed by atoms with E-state index in [0.717, 1.165) is 61.2 Å². The molecule has 3 aromatic heterocycles. The minimum Gasteiger partial charge on any atom is -0.361 e. The highest BCUT2D eigenvalue weighted by Crippen LogP contribution is 2.28. The van der Waals surface area contributed by atoms with Crippen molar-refractivity contribution >= 4 is 11.5 Å². The number of rotatable bonds is 4. The Bertz CT molecular complexity index is 895. The van der Waals surface area contributed by atoms with Crippen LogP contribution >= 0.6 is 0 Å². The molecule has 136 valence electrons. The van der Waals surface area contributed by atoms with Gasteiger partial charge in [0.1, 0.15) is 5.82 Å². The van der Waals surface area contributed by atoms with Gasteiger partial charge in [0, 0.05) is 39.0 Å². The lowest BCUT2D eigenvalue weighted by atomic mass is 9.96. The number of fused-ring (bicyclic) bond motifs is 1. The number of aryl methyl sites for hydroxylation is 1. The fraction of sp³-hybridized carbons (Fsp3) is 0.500. The van der Waals surface area contributed by atoms with Gasteiger partial charge in [0.15, 0.2) is 11.5 Å². The summed E-state index contributed by atoms with van der Waals surface area (Å²) in [4.78, 5) is 13.2. The third-order valence-corrected chi connectivity index (χ3v) is 5.04. The number of nitrogens with zero attached hydrogens (tertiary/aromatic N) is 8. The van der Waals surface area contributed by atoms with Gasteiger partial charge in [0.2, 0.25) is 0 Å². The quantitative estimate of drug-likeness (QED) is 0.707. The third kappa shape index (κ3) is 3.24. The van der Waals surface area contributed by atoms with Crippen LogP contribution in [0, 0.1) is 6.92 Å². The zero-order chi connectivity index (χ0) is 18.1. The predicted octanol–water partition coefficient (Wildman–Crippen LogP) is 1.67. The van der Waals surface area contributed by atoms with E-state index in [2.05, 4.69) is 25.1 Å². The molecule has 0 saturated carbocycles. The Morgan fingerprint density at radius 1 is 1.08 bits per heavy atom. The Balaban J connectivity index is 1.47. The molecule has 0 amide bonds. The molecule has 0 unspecified atom stereocenters. The molecule has 1 fully saturated rings. The lowest BCUT2D eigenvalue weighted by Gasteiger charge is -2.30. The van der Waals surface area contributed by atoms with Gasteiger partial charge in [-0.1, -0.05) is 0 Å². The number of hydrogen-bond acceptors (Lipinski definition) is 7. The van der Waals surface area contributed by atoms with Gasteiger partial charge in [0.25, 0.3) is 0 Å². The standard InChI is InChI=1S/C18H24N8/c1-13-15(20-9-8-19-13)12-25-10-6-14(7-11-25)18-22-21-16-4-5-17(24(2)3)23-26(16)18/h4-5,8-9,14H,6-7,10-12H2,1-3H3. The number of likely N-dealkylation sites (tertiary alicyclic amines) is 1. The van der Waals surface area contributed by atoms with Crippen LogP contribution < -0.4 is 4.90 Å². The van der Waals surface area contributed by atoms with Crippen molar-refractivity contribution < 1.29 is 0 Å². The molecule has 0 aliphatic carbocycles. The van der Waals surface area contributed by atoms with Crippen LogP contribution in [0.2, 0.25) is 0 Å². The highest BCUT2D eigenvalue weighted by molar-refractivity contribution is 5.45. The molecule has 0 bridgehead atoms. The number of anilines is 1. The molecule has 1 aliphatic heterocycles. The van der Waals surface area contributed by atoms with Gasteiger partial charge >= 0.3 is 0 Å². The summed E-state index contributed by atoms with van der Waals surface area (Å²) in [6.07, 6.45) is 5.61. The van der Waals surface area contributed by atoms with Gasteiger partial charge in [-0.05, 0) is 45.0 Å². The van der Waals surface area contributed by atoms with Crippen molar-refractivity contribution in [2.24, 2.45) is 0 Å². The van der Waals surface area contributed by atoms with Crippen LogP contribution in [0.25, 0.3) is 5.65 Å². The van der Waals surface area contributed by atoms with E-state index < -0.39 is 0 Å². The first kappa shape index (κ1) is 16.8. The fourth-order valence-corrected chi connectivity index (χ4v) is 3.44. The van der Waals surface area contributed by atoms with Crippen molar-refractivity contribution in [3.63, 3.8) is 0 Å². The van der Waals surface area contributed by atoms with Gasteiger partial charge in [-0.15, -0.1) is 15.3 Å². The lowest BCUT2D eigenvalue weighted by molar-refractivity contribution is 0.198. The molecule has 8 nitrogen and oxygen atoms in total. The van der Waals surface area contributed by atoms with Crippen LogP contribution in [0.4, 0.5) is 5.82 Å². The molecule has 1 saturated heterocycles. The normalized spacial score (nSPS) is 16.3. The van der Waals surface area contributed by atoms with E-state index in [1.54, 1.807) is 12.4 Å². The SMILES string of the molecule is Cc1nccnc1CN1CCC(c2nnc3ccc(N(C)C)nn23)CC1. The second kappa shape index (κ2) is 6.95. The van der Waals surface area contributed by atoms with Crippen molar-refractivity contribution in [3.8, 4) is 0 Å². The molecule has 1 aliphatic rings. The van der Waals surface area contributed by atoms with E-state index in [9.17, 15) is 0 Å². The monoisotopic (exact) mass is 352 g/mol. The summed E-state index contributed by atoms with van der Waals surface area (Å²) in [5, 5.41) is 13.4. The molecular weight excluding hydrogens is 328 g/mol. The Morgan fingerprint density at radius 2 is 1.85 bits per heavy atom. The van der Waals surface area contributed by atoms with E-state index in [0.29, 0.717) is 5.92 Å². The maximum absolute atomic E-state index is 4.69. The zero-order valence-electron chi connectivity index (χ0n) is 15.5. The number of hydrogen-bond donors (Lipinski definition) is 0. The van der Waals surface area contributed by atoms with Gasteiger partial charge in [-0.3, -0.25) is 14.9 Å². The van der Waals surface area contributed by atoms with E-state index in [-0.39, 0.29) is 0 Å². The van der Waals surface area contributed by atoms with E-state index >= 15 is 0 Å². The Kier molecular flexibility index (Phi) is 4.50. The number of piperidine rings is 1. The summed E-state index contributed by atoms with van der Waals surface area (Å²) in [6, 6.07) is 3.95. The first-order valence-corrected chi connectivity index (χ1v) is 9.00. The molecule has 0 spiro atoms. The molecule has 0 atom stereocenters. The molecular formula is C18H24N8. The fourth-order valence-electron chi connectivity index (χ4n) is 3.44. The average Bonchev–Trinajstić information content (AvgIpc) is 3.07. The third-order valence-electron chi connectivity index (χ3n) is 5.04. The van der Waals surface area contributed by atoms with E-state index in [4.69, 9.17) is 5.10 Å². The Labute approximate surface area is 152 Å². The summed E-state index contributed by atoms with van der Waals surface area (Å²) < 4.78 is 1.91. The van der Waals surface area contributed by atoms with Crippen molar-refractivity contribution in [1.82, 2.24) is 34.7 Å². The Hall–Kier alpha value is -2.61. The van der Waals surface area contributed by atoms with Crippen molar-refractivity contribution in [2.75, 3.05) is 32.1 Å². The van der Waals surface area contributed by atoms with Gasteiger partial charge in [-0.2, -0.15) is 4.52 Å². The Morgan fingerprint density at radius 3 is 2.58 bits per heavy atom. The van der Waals surface area contributed by atoms with Crippen LogP contribution in [-0.2, 0) is 6.54 Å². The topological polar surface area (TPSA) is 75.3 Å². The first-order chi connectivity index (χ1) is 12.6. The minimum absolute atomic E-state index is 0.383. The summed E-state index contributed by atoms with van der Waals surface area (Å²) in [6.45, 7) is 4.91. The lowest BCUT2D eigenvalue weighted by Crippen LogP contribution is -2.33. The largest absolute Gasteiger partial charge is 0.361 e. The summed E-state index contributed by atoms with van der Waals surface area (Å²) in [7, 11) is 3.98. The van der Waals surface area contributed by atoms with E-state index in [1.807, 2.05) is 42.6 Å². The second-order valence-corrected chi connectivity index (χ2v) is 7.05. The highest BCUT2D eigenvalue weighted by atomic mass is 15.4. The molecule has 4 heterocycles. The minimum atomic E-state index is 0.383. The van der Waals surface area contributed by atoms with E-state index in [1.165, 1.54) is 0 Å². The molecule has 0 N–H and O–H groups in total. The smallest absolute Gasteiger partial charge is 0.178 e. The van der Waals surface area contributed by atoms with Gasteiger partial charge in [-0.25, -0.2) is 0 Å². The molecule has 26 heavy (non-hydrogen) atoms. The summed E-state index contributed by atoms with van der Waals surface area (Å²) >= 11 is 0. The maximum atomic E-state index is 4.69. The van der Waals surface area contributed by atoms with Gasteiger partial charge < -0.3 is 4.90 Å². The van der Waals surface area contributed by atoms with Crippen molar-refractivity contribution in [2.45, 2.75) is 32.2 Å². The molecule has 4 rings (SSSR count). The van der Waals surface area contributed by atoms with Crippen LogP contribution in [0.15, 0.2) is 24.5 Å². The van der Waals surface area contributed by atoms with Crippen molar-refractivity contribution in [3.05, 3.63) is 41.7 Å². The molecule has 3 aromatic rings. The predicted molar refractivity (Wildman–Crippen MR) is 99.1 cm³/mol. The van der Waals surface area contributed by atoms with Gasteiger partial charge in [0.05, 0.1) is 11.4 Å². The van der Waals surface area contributed by atoms with Crippen LogP contribution in [-0.4, -0.2) is 61.9 Å². The highest BCUT2D eigenvalue weighted by Gasteiger charge is 2.25. The van der Waals surface area contributed by atoms with Crippen LogP contribution in [0.5, 0.6) is 0 Å². The number of aromatic nitrogens is 6. The molecule has 8 heteroatoms. The van der Waals surface area contributed by atoms with Crippen molar-refractivity contribution in [1.29, 1.82) is 0 Å². The first-order valence-electron chi connectivity index (χ1n) is 9.00. The van der Waals surface area contributed by atoms with Crippen LogP contribution in [0.3, 0.4) is 0 Å². The summed E-state index contributed by atoms with van der Waals surface area (Å²) in [5.74, 6) is 2.27. The zero-order valence-corrected chi connectivity index (χ0v) is 15.5. The molecule has 0 aromatic carbocycles.